The van der Waals surface area contributed by atoms with Gasteiger partial charge < -0.3 is 10.1 Å². The fourth-order valence-electron chi connectivity index (χ4n) is 1.92. The Morgan fingerprint density at radius 3 is 2.64 bits per heavy atom. The highest BCUT2D eigenvalue weighted by Gasteiger charge is 2.21. The lowest BCUT2D eigenvalue weighted by molar-refractivity contribution is 0.0720. The molecule has 0 atom stereocenters. The molecule has 7 nitrogen and oxygen atoms in total. The van der Waals surface area contributed by atoms with Gasteiger partial charge in [-0.15, -0.1) is 0 Å². The minimum atomic E-state index is -0.698. The van der Waals surface area contributed by atoms with Crippen molar-refractivity contribution in [2.24, 2.45) is 0 Å². The van der Waals surface area contributed by atoms with Crippen molar-refractivity contribution in [2.45, 2.75) is 0 Å². The number of ether oxygens (including phenoxy) is 1. The van der Waals surface area contributed by atoms with E-state index < -0.39 is 11.9 Å². The predicted octanol–water partition coefficient (Wildman–Crippen LogP) is 3.69. The third-order valence-electron chi connectivity index (χ3n) is 3.10. The maximum Gasteiger partial charge on any atom is 0.364 e. The number of amides is 1. The molecule has 0 radical (unpaired) electrons. The molecule has 0 aliphatic rings. The Labute approximate surface area is 155 Å². The van der Waals surface area contributed by atoms with Gasteiger partial charge in [-0.3, -0.25) is 9.89 Å². The third kappa shape index (κ3) is 3.86. The van der Waals surface area contributed by atoms with Crippen LogP contribution in [-0.2, 0) is 0 Å². The highest BCUT2D eigenvalue weighted by atomic mass is 79.9. The van der Waals surface area contributed by atoms with Crippen molar-refractivity contribution in [1.82, 2.24) is 15.2 Å². The lowest BCUT2D eigenvalue weighted by Crippen LogP contribution is -2.13. The first-order valence-corrected chi connectivity index (χ1v) is 8.16. The number of H-pyrrole nitrogens is 1. The van der Waals surface area contributed by atoms with E-state index in [0.717, 1.165) is 0 Å². The fourth-order valence-corrected chi connectivity index (χ4v) is 2.58. The van der Waals surface area contributed by atoms with Gasteiger partial charge in [-0.05, 0) is 34.1 Å². The highest BCUT2D eigenvalue weighted by Crippen LogP contribution is 2.26. The molecule has 126 valence electrons. The largest absolute Gasteiger partial charge is 0.403 e. The summed E-state index contributed by atoms with van der Waals surface area (Å²) in [5, 5.41) is 9.30. The molecule has 25 heavy (non-hydrogen) atoms. The van der Waals surface area contributed by atoms with Crippen molar-refractivity contribution in [1.29, 1.82) is 0 Å². The zero-order chi connectivity index (χ0) is 17.8. The average Bonchev–Trinajstić information content (AvgIpc) is 2.97. The van der Waals surface area contributed by atoms with Gasteiger partial charge in [0.15, 0.2) is 11.5 Å². The Kier molecular flexibility index (Phi) is 5.11. The molecular formula is C16H10BrClN4O3. The van der Waals surface area contributed by atoms with E-state index in [-0.39, 0.29) is 27.4 Å². The van der Waals surface area contributed by atoms with Crippen LogP contribution in [0.2, 0.25) is 5.02 Å². The molecule has 0 bridgehead atoms. The molecule has 0 aliphatic heterocycles. The molecule has 0 unspecified atom stereocenters. The number of rotatable bonds is 4. The molecule has 3 aromatic rings. The number of nitrogens with one attached hydrogen (secondary N) is 2. The summed E-state index contributed by atoms with van der Waals surface area (Å²) in [5.41, 5.74) is 0.330. The van der Waals surface area contributed by atoms with Gasteiger partial charge in [0, 0.05) is 12.3 Å². The van der Waals surface area contributed by atoms with Crippen LogP contribution in [0.1, 0.15) is 20.8 Å². The van der Waals surface area contributed by atoms with Crippen molar-refractivity contribution in [3.8, 4) is 5.88 Å². The van der Waals surface area contributed by atoms with Gasteiger partial charge in [-0.1, -0.05) is 29.8 Å². The number of anilines is 1. The topological polar surface area (TPSA) is 97.0 Å². The summed E-state index contributed by atoms with van der Waals surface area (Å²) in [6.45, 7) is 0. The SMILES string of the molecule is O=C(Nc1n[nH]c(C(=O)Oc2ccccn2)c1Br)c1ccccc1Cl. The maximum absolute atomic E-state index is 12.3. The lowest BCUT2D eigenvalue weighted by atomic mass is 10.2. The number of esters is 1. The number of hydrogen-bond acceptors (Lipinski definition) is 5. The van der Waals surface area contributed by atoms with Crippen LogP contribution in [-0.4, -0.2) is 27.1 Å². The second-order valence-corrected chi connectivity index (χ2v) is 5.95. The van der Waals surface area contributed by atoms with E-state index in [2.05, 4.69) is 36.4 Å². The van der Waals surface area contributed by atoms with Gasteiger partial charge in [0.25, 0.3) is 5.91 Å². The number of carbonyl (C=O) groups is 2. The second kappa shape index (κ2) is 7.45. The van der Waals surface area contributed by atoms with E-state index in [9.17, 15) is 9.59 Å². The van der Waals surface area contributed by atoms with Crippen molar-refractivity contribution in [3.63, 3.8) is 0 Å². The van der Waals surface area contributed by atoms with Crippen LogP contribution in [0, 0.1) is 0 Å². The van der Waals surface area contributed by atoms with E-state index in [4.69, 9.17) is 16.3 Å². The van der Waals surface area contributed by atoms with E-state index in [1.807, 2.05) is 0 Å². The molecule has 0 spiro atoms. The van der Waals surface area contributed by atoms with E-state index in [0.29, 0.717) is 5.02 Å². The van der Waals surface area contributed by atoms with Crippen LogP contribution in [0.4, 0.5) is 5.82 Å². The molecule has 2 aromatic heterocycles. The van der Waals surface area contributed by atoms with Gasteiger partial charge in [0.2, 0.25) is 5.88 Å². The Morgan fingerprint density at radius 1 is 1.16 bits per heavy atom. The summed E-state index contributed by atoms with van der Waals surface area (Å²) in [4.78, 5) is 28.3. The smallest absolute Gasteiger partial charge is 0.364 e. The minimum Gasteiger partial charge on any atom is -0.403 e. The predicted molar refractivity (Wildman–Crippen MR) is 94.9 cm³/mol. The standard InChI is InChI=1S/C16H10BrClN4O3/c17-12-13(16(24)25-11-7-3-4-8-19-11)21-22-14(12)20-15(23)9-5-1-2-6-10(9)18/h1-8H,(H2,20,21,22,23). The number of halogens is 2. The summed E-state index contributed by atoms with van der Waals surface area (Å²) in [6.07, 6.45) is 1.50. The number of aromatic nitrogens is 3. The molecular weight excluding hydrogens is 412 g/mol. The second-order valence-electron chi connectivity index (χ2n) is 4.75. The minimum absolute atomic E-state index is 0.0418. The molecule has 3 rings (SSSR count). The molecule has 0 aliphatic carbocycles. The van der Waals surface area contributed by atoms with Gasteiger partial charge >= 0.3 is 5.97 Å². The molecule has 0 saturated carbocycles. The Hall–Kier alpha value is -2.71. The first-order valence-electron chi connectivity index (χ1n) is 6.99. The zero-order valence-corrected chi connectivity index (χ0v) is 14.8. The number of pyridine rings is 1. The number of hydrogen-bond donors (Lipinski definition) is 2. The molecule has 9 heteroatoms. The first-order chi connectivity index (χ1) is 12.1. The number of carbonyl (C=O) groups excluding carboxylic acids is 2. The third-order valence-corrected chi connectivity index (χ3v) is 4.20. The van der Waals surface area contributed by atoms with Crippen molar-refractivity contribution in [2.75, 3.05) is 5.32 Å². The summed E-state index contributed by atoms with van der Waals surface area (Å²) in [6, 6.07) is 11.5. The molecule has 1 amide bonds. The molecule has 0 saturated heterocycles. The average molecular weight is 422 g/mol. The molecule has 2 N–H and O–H groups in total. The van der Waals surface area contributed by atoms with E-state index >= 15 is 0 Å². The number of aromatic amines is 1. The summed E-state index contributed by atoms with van der Waals surface area (Å²) in [7, 11) is 0. The van der Waals surface area contributed by atoms with Crippen LogP contribution < -0.4 is 10.1 Å². The maximum atomic E-state index is 12.3. The summed E-state index contributed by atoms with van der Waals surface area (Å²) >= 11 is 9.21. The van der Waals surface area contributed by atoms with E-state index in [1.165, 1.54) is 6.20 Å². The molecule has 2 heterocycles. The fraction of sp³-hybridized carbons (Fsp3) is 0. The van der Waals surface area contributed by atoms with Crippen LogP contribution in [0.25, 0.3) is 0 Å². The quantitative estimate of drug-likeness (QED) is 0.626. The summed E-state index contributed by atoms with van der Waals surface area (Å²) < 4.78 is 5.38. The van der Waals surface area contributed by atoms with Crippen LogP contribution in [0.15, 0.2) is 53.1 Å². The van der Waals surface area contributed by atoms with Gasteiger partial charge in [-0.25, -0.2) is 9.78 Å². The van der Waals surface area contributed by atoms with Crippen LogP contribution in [0.3, 0.4) is 0 Å². The first kappa shape index (κ1) is 17.1. The molecule has 1 aromatic carbocycles. The van der Waals surface area contributed by atoms with Gasteiger partial charge in [-0.2, -0.15) is 5.10 Å². The monoisotopic (exact) mass is 420 g/mol. The van der Waals surface area contributed by atoms with Crippen molar-refractivity contribution >= 4 is 45.2 Å². The van der Waals surface area contributed by atoms with Gasteiger partial charge in [0.1, 0.15) is 0 Å². The van der Waals surface area contributed by atoms with Crippen LogP contribution in [0.5, 0.6) is 5.88 Å². The number of nitrogens with zero attached hydrogens (tertiary/aromatic N) is 2. The Bertz CT molecular complexity index is 930. The van der Waals surface area contributed by atoms with Crippen LogP contribution >= 0.6 is 27.5 Å². The Balaban J connectivity index is 1.76. The highest BCUT2D eigenvalue weighted by molar-refractivity contribution is 9.10. The Morgan fingerprint density at radius 2 is 1.92 bits per heavy atom. The number of benzene rings is 1. The summed E-state index contributed by atoms with van der Waals surface area (Å²) in [5.74, 6) is -0.868. The molecule has 0 fully saturated rings. The van der Waals surface area contributed by atoms with Crippen molar-refractivity contribution < 1.29 is 14.3 Å². The van der Waals surface area contributed by atoms with E-state index in [1.54, 1.807) is 42.5 Å². The van der Waals surface area contributed by atoms with Gasteiger partial charge in [0.05, 0.1) is 15.1 Å². The lowest BCUT2D eigenvalue weighted by Gasteiger charge is -2.04. The zero-order valence-electron chi connectivity index (χ0n) is 12.5. The van der Waals surface area contributed by atoms with Crippen molar-refractivity contribution in [3.05, 3.63) is 69.4 Å². The normalized spacial score (nSPS) is 10.3.